The minimum Gasteiger partial charge on any atom is -0.379 e. The molecule has 0 atom stereocenters. The van der Waals surface area contributed by atoms with Crippen molar-refractivity contribution in [2.75, 3.05) is 13.2 Å². The summed E-state index contributed by atoms with van der Waals surface area (Å²) < 4.78 is 5.06. The fraction of sp³-hybridized carbons (Fsp3) is 0.375. The summed E-state index contributed by atoms with van der Waals surface area (Å²) in [6.07, 6.45) is 1.82. The van der Waals surface area contributed by atoms with Crippen LogP contribution in [-0.4, -0.2) is 23.4 Å². The number of thioether (sulfide) groups is 1. The van der Waals surface area contributed by atoms with Crippen LogP contribution in [0.3, 0.4) is 0 Å². The predicted molar refractivity (Wildman–Crippen MR) is 44.7 cm³/mol. The fourth-order valence-corrected chi connectivity index (χ4v) is 1.82. The first-order chi connectivity index (χ1) is 5.45. The summed E-state index contributed by atoms with van der Waals surface area (Å²) in [5.74, 6) is 0. The maximum Gasteiger partial charge on any atom is 0.0964 e. The van der Waals surface area contributed by atoms with Crippen LogP contribution in [0.5, 0.6) is 0 Å². The highest BCUT2D eigenvalue weighted by molar-refractivity contribution is 8.00. The third-order valence-electron chi connectivity index (χ3n) is 1.53. The van der Waals surface area contributed by atoms with E-state index in [1.807, 2.05) is 24.4 Å². The van der Waals surface area contributed by atoms with Crippen LogP contribution in [0.1, 0.15) is 0 Å². The highest BCUT2D eigenvalue weighted by atomic mass is 32.2. The molecule has 2 nitrogen and oxygen atoms in total. The van der Waals surface area contributed by atoms with E-state index in [9.17, 15) is 0 Å². The average molecular weight is 167 g/mol. The lowest BCUT2D eigenvalue weighted by atomic mass is 10.4. The van der Waals surface area contributed by atoms with Gasteiger partial charge in [-0.2, -0.15) is 0 Å². The van der Waals surface area contributed by atoms with Crippen LogP contribution in [0.25, 0.3) is 0 Å². The zero-order valence-electron chi connectivity index (χ0n) is 6.06. The van der Waals surface area contributed by atoms with Crippen molar-refractivity contribution in [3.05, 3.63) is 24.4 Å². The van der Waals surface area contributed by atoms with Gasteiger partial charge < -0.3 is 4.74 Å². The summed E-state index contributed by atoms with van der Waals surface area (Å²) in [5.41, 5.74) is 0. The largest absolute Gasteiger partial charge is 0.379 e. The maximum atomic E-state index is 5.06. The highest BCUT2D eigenvalue weighted by Gasteiger charge is 2.19. The standard InChI is InChI=1S/C8H9NOS/c1-2-4-9-8(3-1)11-7-5-10-6-7/h1-4,7H,5-6H2. The van der Waals surface area contributed by atoms with Crippen LogP contribution < -0.4 is 0 Å². The van der Waals surface area contributed by atoms with E-state index in [1.54, 1.807) is 11.8 Å². The van der Waals surface area contributed by atoms with Gasteiger partial charge in [0, 0.05) is 6.20 Å². The Morgan fingerprint density at radius 2 is 2.36 bits per heavy atom. The Labute approximate surface area is 70.0 Å². The van der Waals surface area contributed by atoms with Gasteiger partial charge in [-0.15, -0.1) is 0 Å². The van der Waals surface area contributed by atoms with Crippen molar-refractivity contribution >= 4 is 11.8 Å². The summed E-state index contributed by atoms with van der Waals surface area (Å²) in [4.78, 5) is 4.21. The Balaban J connectivity index is 1.95. The van der Waals surface area contributed by atoms with Crippen LogP contribution in [0, 0.1) is 0 Å². The molecule has 0 unspecified atom stereocenters. The molecule has 0 amide bonds. The number of ether oxygens (including phenoxy) is 1. The molecule has 0 spiro atoms. The molecule has 0 radical (unpaired) electrons. The van der Waals surface area contributed by atoms with Gasteiger partial charge in [-0.25, -0.2) is 4.98 Å². The molecule has 58 valence electrons. The highest BCUT2D eigenvalue weighted by Crippen LogP contribution is 2.25. The second-order valence-electron chi connectivity index (χ2n) is 2.45. The van der Waals surface area contributed by atoms with Crippen LogP contribution in [0.4, 0.5) is 0 Å². The molecule has 1 saturated heterocycles. The van der Waals surface area contributed by atoms with E-state index < -0.39 is 0 Å². The van der Waals surface area contributed by atoms with Crippen molar-refractivity contribution in [3.63, 3.8) is 0 Å². The van der Waals surface area contributed by atoms with Gasteiger partial charge in [-0.05, 0) is 12.1 Å². The maximum absolute atomic E-state index is 5.06. The lowest BCUT2D eigenvalue weighted by Gasteiger charge is -2.24. The predicted octanol–water partition coefficient (Wildman–Crippen LogP) is 1.57. The molecular formula is C8H9NOS. The Bertz CT molecular complexity index is 223. The van der Waals surface area contributed by atoms with Crippen molar-refractivity contribution < 1.29 is 4.74 Å². The van der Waals surface area contributed by atoms with Gasteiger partial charge in [0.15, 0.2) is 0 Å². The van der Waals surface area contributed by atoms with Crippen molar-refractivity contribution in [1.29, 1.82) is 0 Å². The molecule has 1 aromatic rings. The number of nitrogens with zero attached hydrogens (tertiary/aromatic N) is 1. The van der Waals surface area contributed by atoms with Crippen molar-refractivity contribution in [2.45, 2.75) is 10.3 Å². The number of pyridine rings is 1. The quantitative estimate of drug-likeness (QED) is 0.667. The molecule has 0 N–H and O–H groups in total. The Kier molecular flexibility index (Phi) is 2.10. The average Bonchev–Trinajstić information content (AvgIpc) is 1.99. The Morgan fingerprint density at radius 3 is 2.91 bits per heavy atom. The van der Waals surface area contributed by atoms with E-state index in [0.29, 0.717) is 5.25 Å². The summed E-state index contributed by atoms with van der Waals surface area (Å²) in [6.45, 7) is 1.75. The van der Waals surface area contributed by atoms with Gasteiger partial charge in [0.2, 0.25) is 0 Å². The van der Waals surface area contributed by atoms with Gasteiger partial charge in [0.1, 0.15) is 0 Å². The Hall–Kier alpha value is -0.540. The van der Waals surface area contributed by atoms with Gasteiger partial charge in [0.25, 0.3) is 0 Å². The van der Waals surface area contributed by atoms with E-state index in [0.717, 1.165) is 18.2 Å². The molecular weight excluding hydrogens is 158 g/mol. The second kappa shape index (κ2) is 3.24. The number of aromatic nitrogens is 1. The zero-order valence-corrected chi connectivity index (χ0v) is 6.88. The summed E-state index contributed by atoms with van der Waals surface area (Å²) >= 11 is 1.79. The molecule has 2 rings (SSSR count). The van der Waals surface area contributed by atoms with Crippen LogP contribution >= 0.6 is 11.8 Å². The number of hydrogen-bond acceptors (Lipinski definition) is 3. The Morgan fingerprint density at radius 1 is 1.45 bits per heavy atom. The van der Waals surface area contributed by atoms with Crippen LogP contribution in [-0.2, 0) is 4.74 Å². The van der Waals surface area contributed by atoms with Crippen LogP contribution in [0.15, 0.2) is 29.4 Å². The van der Waals surface area contributed by atoms with Crippen molar-refractivity contribution in [2.24, 2.45) is 0 Å². The molecule has 3 heteroatoms. The van der Waals surface area contributed by atoms with Crippen molar-refractivity contribution in [1.82, 2.24) is 4.98 Å². The lowest BCUT2D eigenvalue weighted by molar-refractivity contribution is 0.0454. The lowest BCUT2D eigenvalue weighted by Crippen LogP contribution is -2.30. The van der Waals surface area contributed by atoms with E-state index in [1.165, 1.54) is 0 Å². The van der Waals surface area contributed by atoms with Gasteiger partial charge in [-0.3, -0.25) is 0 Å². The minimum absolute atomic E-state index is 0.630. The second-order valence-corrected chi connectivity index (χ2v) is 3.77. The van der Waals surface area contributed by atoms with E-state index in [4.69, 9.17) is 4.74 Å². The molecule has 1 fully saturated rings. The topological polar surface area (TPSA) is 22.1 Å². The van der Waals surface area contributed by atoms with Crippen LogP contribution in [0.2, 0.25) is 0 Å². The smallest absolute Gasteiger partial charge is 0.0964 e. The summed E-state index contributed by atoms with van der Waals surface area (Å²) in [5, 5.41) is 1.73. The fourth-order valence-electron chi connectivity index (χ4n) is 0.870. The third-order valence-corrected chi connectivity index (χ3v) is 2.62. The number of rotatable bonds is 2. The van der Waals surface area contributed by atoms with Gasteiger partial charge >= 0.3 is 0 Å². The minimum atomic E-state index is 0.630. The van der Waals surface area contributed by atoms with Crippen molar-refractivity contribution in [3.8, 4) is 0 Å². The van der Waals surface area contributed by atoms with Gasteiger partial charge in [-0.1, -0.05) is 17.8 Å². The molecule has 2 heterocycles. The first kappa shape index (κ1) is 7.13. The van der Waals surface area contributed by atoms with E-state index in [-0.39, 0.29) is 0 Å². The van der Waals surface area contributed by atoms with Gasteiger partial charge in [0.05, 0.1) is 23.5 Å². The summed E-state index contributed by atoms with van der Waals surface area (Å²) in [7, 11) is 0. The number of hydrogen-bond donors (Lipinski definition) is 0. The molecule has 11 heavy (non-hydrogen) atoms. The third kappa shape index (κ3) is 1.73. The molecule has 0 aromatic carbocycles. The molecule has 1 aliphatic rings. The SMILES string of the molecule is c1ccc(SC2COC2)nc1. The zero-order chi connectivity index (χ0) is 7.52. The van der Waals surface area contributed by atoms with E-state index >= 15 is 0 Å². The molecule has 1 aromatic heterocycles. The molecule has 1 aliphatic heterocycles. The first-order valence-corrected chi connectivity index (χ1v) is 4.48. The monoisotopic (exact) mass is 167 g/mol. The molecule has 0 aliphatic carbocycles. The van der Waals surface area contributed by atoms with E-state index in [2.05, 4.69) is 4.98 Å². The molecule has 0 saturated carbocycles. The summed E-state index contributed by atoms with van der Waals surface area (Å²) in [6, 6.07) is 5.97. The normalized spacial score (nSPS) is 17.8. The first-order valence-electron chi connectivity index (χ1n) is 3.60. The molecule has 0 bridgehead atoms.